The lowest BCUT2D eigenvalue weighted by Crippen LogP contribution is -2.11. The molecule has 104 valence electrons. The van der Waals surface area contributed by atoms with Crippen molar-refractivity contribution >= 4 is 11.8 Å². The number of nitro groups is 1. The molecule has 0 N–H and O–H groups in total. The van der Waals surface area contributed by atoms with Gasteiger partial charge in [-0.2, -0.15) is 0 Å². The Morgan fingerprint density at radius 1 is 1.53 bits per heavy atom. The van der Waals surface area contributed by atoms with Crippen molar-refractivity contribution in [2.24, 2.45) is 0 Å². The van der Waals surface area contributed by atoms with Gasteiger partial charge in [-0.25, -0.2) is 8.78 Å². The van der Waals surface area contributed by atoms with Crippen molar-refractivity contribution < 1.29 is 28.0 Å². The van der Waals surface area contributed by atoms with E-state index in [1.807, 2.05) is 0 Å². The number of alkyl halides is 2. The van der Waals surface area contributed by atoms with E-state index in [9.17, 15) is 23.7 Å². The lowest BCUT2D eigenvalue weighted by atomic mass is 10.1. The van der Waals surface area contributed by atoms with Crippen LogP contribution in [0, 0.1) is 10.1 Å². The van der Waals surface area contributed by atoms with E-state index in [-0.39, 0.29) is 5.56 Å². The third-order valence-electron chi connectivity index (χ3n) is 2.31. The summed E-state index contributed by atoms with van der Waals surface area (Å²) >= 11 is 0. The van der Waals surface area contributed by atoms with Crippen molar-refractivity contribution in [3.8, 4) is 5.75 Å². The number of carbonyl (C=O) groups excluding carboxylic acids is 1. The number of rotatable bonds is 5. The topological polar surface area (TPSA) is 91.6 Å². The van der Waals surface area contributed by atoms with Gasteiger partial charge in [0.15, 0.2) is 0 Å². The Morgan fingerprint density at radius 3 is 2.58 bits per heavy atom. The molecule has 0 atom stereocenters. The zero-order chi connectivity index (χ0) is 14.6. The average Bonchev–Trinajstić information content (AvgIpc) is 2.37. The summed E-state index contributed by atoms with van der Waals surface area (Å²) in [6.45, 7) is 0. The highest BCUT2D eigenvalue weighted by Crippen LogP contribution is 2.35. The van der Waals surface area contributed by atoms with E-state index in [1.165, 1.54) is 0 Å². The lowest BCUT2D eigenvalue weighted by Gasteiger charge is -2.11. The summed E-state index contributed by atoms with van der Waals surface area (Å²) in [5, 5.41) is 10.7. The maximum Gasteiger partial charge on any atom is 0.406 e. The van der Waals surface area contributed by atoms with Crippen LogP contribution in [0.4, 0.5) is 14.6 Å². The van der Waals surface area contributed by atoms with Crippen molar-refractivity contribution in [1.82, 2.24) is 4.98 Å². The van der Waals surface area contributed by atoms with Crippen molar-refractivity contribution in [1.29, 1.82) is 0 Å². The number of halogens is 2. The first-order chi connectivity index (χ1) is 8.92. The van der Waals surface area contributed by atoms with Crippen LogP contribution < -0.4 is 4.74 Å². The molecule has 0 aliphatic heterocycles. The monoisotopic (exact) mass is 276 g/mol. The molecule has 0 unspecified atom stereocenters. The zero-order valence-electron chi connectivity index (χ0n) is 10.1. The van der Waals surface area contributed by atoms with E-state index < -0.39 is 40.9 Å². The van der Waals surface area contributed by atoms with Gasteiger partial charge in [0.2, 0.25) is 5.75 Å². The Labute approximate surface area is 106 Å². The predicted octanol–water partition coefficient (Wildman–Crippen LogP) is 1.65. The summed E-state index contributed by atoms with van der Waals surface area (Å²) in [5.74, 6) is -2.01. The minimum absolute atomic E-state index is 0.300. The number of esters is 1. The Bertz CT molecular complexity index is 507. The summed E-state index contributed by atoms with van der Waals surface area (Å²) in [7, 11) is 2.15. The molecule has 0 saturated heterocycles. The number of hydrogen-bond donors (Lipinski definition) is 0. The zero-order valence-corrected chi connectivity index (χ0v) is 10.1. The molecule has 7 nitrogen and oxygen atoms in total. The number of methoxy groups -OCH3 is 2. The summed E-state index contributed by atoms with van der Waals surface area (Å²) in [6, 6.07) is 0. The third kappa shape index (κ3) is 3.12. The maximum atomic E-state index is 12.8. The Hall–Kier alpha value is -2.32. The van der Waals surface area contributed by atoms with Gasteiger partial charge in [-0.15, -0.1) is 0 Å². The molecule has 0 aromatic carbocycles. The Morgan fingerprint density at radius 2 is 2.16 bits per heavy atom. The van der Waals surface area contributed by atoms with Gasteiger partial charge in [0.1, 0.15) is 6.20 Å². The summed E-state index contributed by atoms with van der Waals surface area (Å²) < 4.78 is 34.7. The largest absolute Gasteiger partial charge is 0.489 e. The van der Waals surface area contributed by atoms with Crippen LogP contribution in [0.3, 0.4) is 0 Å². The first kappa shape index (κ1) is 14.7. The van der Waals surface area contributed by atoms with Gasteiger partial charge in [-0.1, -0.05) is 0 Å². The van der Waals surface area contributed by atoms with Gasteiger partial charge in [0, 0.05) is 5.56 Å². The number of pyridine rings is 1. The summed E-state index contributed by atoms with van der Waals surface area (Å²) in [4.78, 5) is 24.3. The molecule has 0 bridgehead atoms. The molecular weight excluding hydrogens is 266 g/mol. The molecule has 1 aromatic heterocycles. The van der Waals surface area contributed by atoms with Crippen LogP contribution in [0.15, 0.2) is 6.20 Å². The van der Waals surface area contributed by atoms with Crippen LogP contribution in [0.25, 0.3) is 0 Å². The summed E-state index contributed by atoms with van der Waals surface area (Å²) in [6.07, 6.45) is -2.85. The van der Waals surface area contributed by atoms with Crippen LogP contribution >= 0.6 is 0 Å². The molecule has 19 heavy (non-hydrogen) atoms. The minimum atomic E-state index is -2.94. The predicted molar refractivity (Wildman–Crippen MR) is 58.1 cm³/mol. The number of nitrogens with zero attached hydrogens (tertiary/aromatic N) is 2. The van der Waals surface area contributed by atoms with Gasteiger partial charge in [0.05, 0.1) is 26.2 Å². The highest BCUT2D eigenvalue weighted by Gasteiger charge is 2.29. The molecule has 0 spiro atoms. The van der Waals surface area contributed by atoms with E-state index in [1.54, 1.807) is 0 Å². The molecule has 0 radical (unpaired) electrons. The maximum absolute atomic E-state index is 12.8. The van der Waals surface area contributed by atoms with Gasteiger partial charge in [-0.3, -0.25) is 4.79 Å². The van der Waals surface area contributed by atoms with Crippen molar-refractivity contribution in [3.63, 3.8) is 0 Å². The van der Waals surface area contributed by atoms with Crippen LogP contribution in [-0.2, 0) is 16.0 Å². The molecule has 1 aromatic rings. The van der Waals surface area contributed by atoms with Crippen molar-refractivity contribution in [2.75, 3.05) is 14.2 Å². The van der Waals surface area contributed by atoms with Crippen molar-refractivity contribution in [2.45, 2.75) is 12.8 Å². The number of carbonyl (C=O) groups is 1. The van der Waals surface area contributed by atoms with Crippen LogP contribution in [0.2, 0.25) is 0 Å². The van der Waals surface area contributed by atoms with Crippen molar-refractivity contribution in [3.05, 3.63) is 27.4 Å². The van der Waals surface area contributed by atoms with E-state index >= 15 is 0 Å². The molecule has 9 heteroatoms. The fourth-order valence-corrected chi connectivity index (χ4v) is 1.46. The first-order valence-corrected chi connectivity index (χ1v) is 4.97. The molecule has 1 rings (SSSR count). The van der Waals surface area contributed by atoms with E-state index in [0.717, 1.165) is 14.2 Å². The summed E-state index contributed by atoms with van der Waals surface area (Å²) in [5.41, 5.74) is -0.904. The first-order valence-electron chi connectivity index (χ1n) is 4.97. The molecule has 1 heterocycles. The number of hydrogen-bond acceptors (Lipinski definition) is 6. The van der Waals surface area contributed by atoms with Gasteiger partial charge in [-0.05, 0) is 9.91 Å². The highest BCUT2D eigenvalue weighted by atomic mass is 19.3. The molecule has 0 amide bonds. The molecule has 0 fully saturated rings. The SMILES string of the molecule is COC(=O)Cc1c(C(F)F)cnc([N+](=O)[O-])c1OC. The van der Waals surface area contributed by atoms with Crippen LogP contribution in [0.1, 0.15) is 17.6 Å². The third-order valence-corrected chi connectivity index (χ3v) is 2.31. The van der Waals surface area contributed by atoms with Gasteiger partial charge >= 0.3 is 11.8 Å². The molecule has 0 saturated carbocycles. The molecule has 0 aliphatic carbocycles. The quantitative estimate of drug-likeness (QED) is 0.461. The second-order valence-electron chi connectivity index (χ2n) is 3.36. The number of aromatic nitrogens is 1. The number of ether oxygens (including phenoxy) is 2. The fraction of sp³-hybridized carbons (Fsp3) is 0.400. The lowest BCUT2D eigenvalue weighted by molar-refractivity contribution is -0.390. The smallest absolute Gasteiger partial charge is 0.406 e. The van der Waals surface area contributed by atoms with E-state index in [4.69, 9.17) is 4.74 Å². The second-order valence-corrected chi connectivity index (χ2v) is 3.36. The Balaban J connectivity index is 3.45. The van der Waals surface area contributed by atoms with Crippen LogP contribution in [0.5, 0.6) is 5.75 Å². The highest BCUT2D eigenvalue weighted by molar-refractivity contribution is 5.75. The van der Waals surface area contributed by atoms with Gasteiger partial charge < -0.3 is 19.6 Å². The standard InChI is InChI=1S/C10H10F2N2O5/c1-18-7(15)3-5-6(9(11)12)4-13-10(14(16)17)8(5)19-2/h4,9H,3H2,1-2H3. The Kier molecular flexibility index (Phi) is 4.67. The minimum Gasteiger partial charge on any atom is -0.489 e. The van der Waals surface area contributed by atoms with Crippen LogP contribution in [-0.4, -0.2) is 30.1 Å². The fourth-order valence-electron chi connectivity index (χ4n) is 1.46. The average molecular weight is 276 g/mol. The molecular formula is C10H10F2N2O5. The second kappa shape index (κ2) is 6.03. The van der Waals surface area contributed by atoms with E-state index in [2.05, 4.69) is 9.72 Å². The van der Waals surface area contributed by atoms with E-state index in [0.29, 0.717) is 6.20 Å². The van der Waals surface area contributed by atoms with Gasteiger partial charge in [0.25, 0.3) is 6.43 Å². The normalized spacial score (nSPS) is 10.4. The molecule has 0 aliphatic rings.